The molecule has 1 aliphatic rings. The van der Waals surface area contributed by atoms with Gasteiger partial charge in [-0.25, -0.2) is 0 Å². The quantitative estimate of drug-likeness (QED) is 0.653. The standard InChI is InChI=1S/C7H13F3N2O/c8-7(9,10)6(13)1-3-12(5-6)4-2-11/h13H,1-5,11H2/t6-/m0/s1. The van der Waals surface area contributed by atoms with Gasteiger partial charge in [-0.3, -0.25) is 4.90 Å². The van der Waals surface area contributed by atoms with E-state index in [-0.39, 0.29) is 19.5 Å². The van der Waals surface area contributed by atoms with Crippen molar-refractivity contribution in [1.82, 2.24) is 4.90 Å². The zero-order valence-corrected chi connectivity index (χ0v) is 7.14. The van der Waals surface area contributed by atoms with Gasteiger partial charge < -0.3 is 10.8 Å². The number of nitrogens with two attached hydrogens (primary N) is 1. The third-order valence-electron chi connectivity index (χ3n) is 2.30. The molecule has 0 aliphatic carbocycles. The van der Waals surface area contributed by atoms with E-state index in [4.69, 9.17) is 5.73 Å². The summed E-state index contributed by atoms with van der Waals surface area (Å²) in [6.45, 7) is 0.618. The second kappa shape index (κ2) is 3.43. The zero-order valence-electron chi connectivity index (χ0n) is 7.14. The zero-order chi connectivity index (χ0) is 10.1. The highest BCUT2D eigenvalue weighted by molar-refractivity contribution is 4.95. The highest BCUT2D eigenvalue weighted by Gasteiger charge is 2.56. The van der Waals surface area contributed by atoms with Crippen LogP contribution in [0.5, 0.6) is 0 Å². The molecule has 0 amide bonds. The first-order valence-corrected chi connectivity index (χ1v) is 4.10. The topological polar surface area (TPSA) is 49.5 Å². The fourth-order valence-electron chi connectivity index (χ4n) is 1.48. The van der Waals surface area contributed by atoms with Crippen LogP contribution in [0.2, 0.25) is 0 Å². The van der Waals surface area contributed by atoms with E-state index < -0.39 is 11.8 Å². The van der Waals surface area contributed by atoms with Gasteiger partial charge in [0.05, 0.1) is 0 Å². The molecule has 78 valence electrons. The van der Waals surface area contributed by atoms with Crippen molar-refractivity contribution in [2.75, 3.05) is 26.2 Å². The summed E-state index contributed by atoms with van der Waals surface area (Å²) in [5.74, 6) is 0. The molecule has 1 aliphatic heterocycles. The molecule has 13 heavy (non-hydrogen) atoms. The molecule has 0 radical (unpaired) electrons. The second-order valence-corrected chi connectivity index (χ2v) is 3.34. The Bertz CT molecular complexity index is 185. The van der Waals surface area contributed by atoms with Crippen molar-refractivity contribution in [3.63, 3.8) is 0 Å². The molecule has 0 aromatic heterocycles. The number of likely N-dealkylation sites (tertiary alicyclic amines) is 1. The Labute approximate surface area is 74.3 Å². The molecule has 3 N–H and O–H groups in total. The van der Waals surface area contributed by atoms with E-state index >= 15 is 0 Å². The third kappa shape index (κ3) is 2.12. The van der Waals surface area contributed by atoms with E-state index in [1.807, 2.05) is 0 Å². The number of alkyl halides is 3. The fourth-order valence-corrected chi connectivity index (χ4v) is 1.48. The van der Waals surface area contributed by atoms with Gasteiger partial charge in [0.2, 0.25) is 0 Å². The highest BCUT2D eigenvalue weighted by atomic mass is 19.4. The molecule has 0 unspecified atom stereocenters. The van der Waals surface area contributed by atoms with E-state index in [2.05, 4.69) is 0 Å². The summed E-state index contributed by atoms with van der Waals surface area (Å²) in [4.78, 5) is 1.52. The Morgan fingerprint density at radius 1 is 1.46 bits per heavy atom. The summed E-state index contributed by atoms with van der Waals surface area (Å²) >= 11 is 0. The van der Waals surface area contributed by atoms with Crippen LogP contribution in [0.1, 0.15) is 6.42 Å². The van der Waals surface area contributed by atoms with E-state index in [0.717, 1.165) is 0 Å². The first-order valence-electron chi connectivity index (χ1n) is 4.10. The molecule has 0 saturated carbocycles. The van der Waals surface area contributed by atoms with E-state index in [1.54, 1.807) is 0 Å². The monoisotopic (exact) mass is 198 g/mol. The molecule has 1 fully saturated rings. The smallest absolute Gasteiger partial charge is 0.379 e. The minimum absolute atomic E-state index is 0.253. The van der Waals surface area contributed by atoms with Crippen molar-refractivity contribution in [1.29, 1.82) is 0 Å². The first-order chi connectivity index (χ1) is 5.89. The van der Waals surface area contributed by atoms with Gasteiger partial charge >= 0.3 is 6.18 Å². The lowest BCUT2D eigenvalue weighted by molar-refractivity contribution is -0.253. The number of halogens is 3. The minimum Gasteiger partial charge on any atom is -0.379 e. The number of rotatable bonds is 2. The van der Waals surface area contributed by atoms with Crippen molar-refractivity contribution in [2.45, 2.75) is 18.2 Å². The molecule has 0 spiro atoms. The first kappa shape index (κ1) is 10.7. The maximum absolute atomic E-state index is 12.3. The van der Waals surface area contributed by atoms with Crippen LogP contribution in [0, 0.1) is 0 Å². The lowest BCUT2D eigenvalue weighted by Crippen LogP contribution is -2.47. The lowest BCUT2D eigenvalue weighted by atomic mass is 10.0. The number of aliphatic hydroxyl groups is 1. The van der Waals surface area contributed by atoms with E-state index in [0.29, 0.717) is 13.1 Å². The Kier molecular flexibility index (Phi) is 2.84. The largest absolute Gasteiger partial charge is 0.418 e. The molecule has 1 saturated heterocycles. The molecular weight excluding hydrogens is 185 g/mol. The predicted molar refractivity (Wildman–Crippen MR) is 41.1 cm³/mol. The van der Waals surface area contributed by atoms with Crippen molar-refractivity contribution < 1.29 is 18.3 Å². The summed E-state index contributed by atoms with van der Waals surface area (Å²) in [6, 6.07) is 0. The highest BCUT2D eigenvalue weighted by Crippen LogP contribution is 2.37. The average Bonchev–Trinajstić information content (AvgIpc) is 2.32. The van der Waals surface area contributed by atoms with Gasteiger partial charge in [0.25, 0.3) is 0 Å². The van der Waals surface area contributed by atoms with Gasteiger partial charge in [-0.1, -0.05) is 0 Å². The average molecular weight is 198 g/mol. The Morgan fingerprint density at radius 2 is 2.08 bits per heavy atom. The number of hydrogen-bond donors (Lipinski definition) is 2. The molecule has 0 aromatic carbocycles. The van der Waals surface area contributed by atoms with E-state index in [1.165, 1.54) is 4.90 Å². The molecule has 0 aromatic rings. The van der Waals surface area contributed by atoms with Crippen LogP contribution >= 0.6 is 0 Å². The van der Waals surface area contributed by atoms with Crippen LogP contribution in [0.3, 0.4) is 0 Å². The molecule has 1 atom stereocenters. The van der Waals surface area contributed by atoms with Crippen molar-refractivity contribution >= 4 is 0 Å². The predicted octanol–water partition coefficient (Wildman–Crippen LogP) is -0.0558. The van der Waals surface area contributed by atoms with E-state index in [9.17, 15) is 18.3 Å². The fraction of sp³-hybridized carbons (Fsp3) is 1.00. The number of hydrogen-bond acceptors (Lipinski definition) is 3. The maximum Gasteiger partial charge on any atom is 0.418 e. The van der Waals surface area contributed by atoms with Gasteiger partial charge in [0, 0.05) is 26.2 Å². The Balaban J connectivity index is 2.56. The maximum atomic E-state index is 12.3. The molecule has 6 heteroatoms. The molecule has 1 heterocycles. The lowest BCUT2D eigenvalue weighted by Gasteiger charge is -2.25. The summed E-state index contributed by atoms with van der Waals surface area (Å²) < 4.78 is 36.8. The van der Waals surface area contributed by atoms with Crippen LogP contribution in [0.25, 0.3) is 0 Å². The summed E-state index contributed by atoms with van der Waals surface area (Å²) in [6.07, 6.45) is -4.78. The molecule has 1 rings (SSSR count). The van der Waals surface area contributed by atoms with Crippen molar-refractivity contribution in [3.05, 3.63) is 0 Å². The molecule has 0 bridgehead atoms. The SMILES string of the molecule is NCCN1CC[C@@](O)(C(F)(F)F)C1. The molecular formula is C7H13F3N2O. The number of nitrogens with zero attached hydrogens (tertiary/aromatic N) is 1. The van der Waals surface area contributed by atoms with Gasteiger partial charge in [0.1, 0.15) is 0 Å². The normalized spacial score (nSPS) is 31.2. The van der Waals surface area contributed by atoms with Gasteiger partial charge in [-0.15, -0.1) is 0 Å². The number of β-amino-alcohol motifs (C(OH)–C–C–N with tert-alkyl or cyclic N) is 1. The van der Waals surface area contributed by atoms with Gasteiger partial charge in [0.15, 0.2) is 5.60 Å². The Morgan fingerprint density at radius 3 is 2.46 bits per heavy atom. The Hall–Kier alpha value is -0.330. The van der Waals surface area contributed by atoms with Crippen LogP contribution < -0.4 is 5.73 Å². The van der Waals surface area contributed by atoms with Crippen LogP contribution in [0.15, 0.2) is 0 Å². The minimum atomic E-state index is -4.53. The van der Waals surface area contributed by atoms with Crippen LogP contribution in [-0.4, -0.2) is 48.0 Å². The van der Waals surface area contributed by atoms with Crippen LogP contribution in [0.4, 0.5) is 13.2 Å². The van der Waals surface area contributed by atoms with Crippen molar-refractivity contribution in [2.24, 2.45) is 5.73 Å². The summed E-state index contributed by atoms with van der Waals surface area (Å²) in [5, 5.41) is 9.22. The second-order valence-electron chi connectivity index (χ2n) is 3.34. The van der Waals surface area contributed by atoms with Gasteiger partial charge in [-0.05, 0) is 6.42 Å². The van der Waals surface area contributed by atoms with Crippen LogP contribution in [-0.2, 0) is 0 Å². The molecule has 3 nitrogen and oxygen atoms in total. The summed E-state index contributed by atoms with van der Waals surface area (Å²) in [7, 11) is 0. The van der Waals surface area contributed by atoms with Gasteiger partial charge in [-0.2, -0.15) is 13.2 Å². The third-order valence-corrected chi connectivity index (χ3v) is 2.30. The van der Waals surface area contributed by atoms with Crippen molar-refractivity contribution in [3.8, 4) is 0 Å². The summed E-state index contributed by atoms with van der Waals surface area (Å²) in [5.41, 5.74) is 2.68.